The summed E-state index contributed by atoms with van der Waals surface area (Å²) >= 11 is 3.39. The number of halogens is 1. The number of benzene rings is 1. The molecule has 98 valence electrons. The number of carbonyl (C=O) groups is 1. The lowest BCUT2D eigenvalue weighted by Gasteiger charge is -2.39. The minimum Gasteiger partial charge on any atom is -0.504 e. The lowest BCUT2D eigenvalue weighted by molar-refractivity contribution is -0.147. The Morgan fingerprint density at radius 3 is 2.50 bits per heavy atom. The number of aromatic hydroxyl groups is 1. The number of aliphatic carboxylic acids is 1. The molecule has 2 rings (SSSR count). The van der Waals surface area contributed by atoms with E-state index in [1.807, 2.05) is 6.92 Å². The van der Waals surface area contributed by atoms with Crippen LogP contribution in [0.25, 0.3) is 0 Å². The molecule has 0 spiro atoms. The molecule has 0 aliphatic heterocycles. The third-order valence-electron chi connectivity index (χ3n) is 3.70. The van der Waals surface area contributed by atoms with Crippen molar-refractivity contribution < 1.29 is 19.7 Å². The fourth-order valence-electron chi connectivity index (χ4n) is 2.45. The van der Waals surface area contributed by atoms with Crippen LogP contribution in [0.3, 0.4) is 0 Å². The summed E-state index contributed by atoms with van der Waals surface area (Å²) in [6, 6.07) is 1.69. The molecule has 18 heavy (non-hydrogen) atoms. The van der Waals surface area contributed by atoms with Crippen LogP contribution in [0.1, 0.15) is 30.4 Å². The van der Waals surface area contributed by atoms with E-state index in [1.165, 1.54) is 7.11 Å². The second-order valence-electron chi connectivity index (χ2n) is 4.67. The molecule has 1 aromatic rings. The molecule has 0 atom stereocenters. The van der Waals surface area contributed by atoms with E-state index >= 15 is 0 Å². The van der Waals surface area contributed by atoms with Gasteiger partial charge < -0.3 is 14.9 Å². The van der Waals surface area contributed by atoms with Gasteiger partial charge in [0.1, 0.15) is 0 Å². The average molecular weight is 315 g/mol. The molecule has 0 aromatic heterocycles. The molecule has 0 radical (unpaired) electrons. The minimum atomic E-state index is -0.984. The van der Waals surface area contributed by atoms with Crippen LogP contribution in [-0.4, -0.2) is 23.3 Å². The number of aryl methyl sites for hydroxylation is 1. The number of rotatable bonds is 3. The minimum absolute atomic E-state index is 0.0722. The fourth-order valence-corrected chi connectivity index (χ4v) is 3.13. The SMILES string of the molecule is COc1cc(C)c(Br)c(C2(C(=O)O)CCC2)c1O. The van der Waals surface area contributed by atoms with Crippen LogP contribution in [0.4, 0.5) is 0 Å². The van der Waals surface area contributed by atoms with Gasteiger partial charge in [0.15, 0.2) is 11.5 Å². The summed E-state index contributed by atoms with van der Waals surface area (Å²) < 4.78 is 5.76. The maximum atomic E-state index is 11.5. The summed E-state index contributed by atoms with van der Waals surface area (Å²) in [5.41, 5.74) is 0.313. The Morgan fingerprint density at radius 2 is 2.11 bits per heavy atom. The van der Waals surface area contributed by atoms with E-state index in [0.717, 1.165) is 12.0 Å². The molecule has 1 aliphatic carbocycles. The van der Waals surface area contributed by atoms with Gasteiger partial charge in [-0.3, -0.25) is 4.79 Å². The second-order valence-corrected chi connectivity index (χ2v) is 5.47. The van der Waals surface area contributed by atoms with Gasteiger partial charge in [0, 0.05) is 10.0 Å². The summed E-state index contributed by atoms with van der Waals surface area (Å²) in [6.07, 6.45) is 1.94. The maximum Gasteiger partial charge on any atom is 0.314 e. The predicted molar refractivity (Wildman–Crippen MR) is 70.3 cm³/mol. The third-order valence-corrected chi connectivity index (χ3v) is 4.72. The number of phenolic OH excluding ortho intramolecular Hbond substituents is 1. The van der Waals surface area contributed by atoms with Crippen molar-refractivity contribution in [3.8, 4) is 11.5 Å². The van der Waals surface area contributed by atoms with E-state index in [1.54, 1.807) is 6.07 Å². The van der Waals surface area contributed by atoms with Crippen LogP contribution >= 0.6 is 15.9 Å². The molecule has 1 fully saturated rings. The Hall–Kier alpha value is -1.23. The van der Waals surface area contributed by atoms with Gasteiger partial charge in [-0.25, -0.2) is 0 Å². The number of carboxylic acids is 1. The predicted octanol–water partition coefficient (Wildman–Crippen LogP) is 2.98. The summed E-state index contributed by atoms with van der Waals surface area (Å²) in [4.78, 5) is 11.5. The number of ether oxygens (including phenoxy) is 1. The summed E-state index contributed by atoms with van der Waals surface area (Å²) in [6.45, 7) is 1.85. The molecule has 1 saturated carbocycles. The van der Waals surface area contributed by atoms with Crippen molar-refractivity contribution in [2.45, 2.75) is 31.6 Å². The topological polar surface area (TPSA) is 66.8 Å². The number of methoxy groups -OCH3 is 1. The molecule has 0 bridgehead atoms. The monoisotopic (exact) mass is 314 g/mol. The zero-order valence-corrected chi connectivity index (χ0v) is 11.9. The van der Waals surface area contributed by atoms with E-state index in [9.17, 15) is 15.0 Å². The molecule has 0 amide bonds. The van der Waals surface area contributed by atoms with Crippen molar-refractivity contribution in [2.24, 2.45) is 0 Å². The molecule has 2 N–H and O–H groups in total. The number of hydrogen-bond donors (Lipinski definition) is 2. The van der Waals surface area contributed by atoms with Gasteiger partial charge in [0.25, 0.3) is 0 Å². The summed E-state index contributed by atoms with van der Waals surface area (Å²) in [5.74, 6) is -0.646. The Labute approximate surface area is 114 Å². The van der Waals surface area contributed by atoms with Gasteiger partial charge in [-0.1, -0.05) is 22.4 Å². The van der Waals surface area contributed by atoms with Crippen molar-refractivity contribution in [1.29, 1.82) is 0 Å². The molecule has 0 unspecified atom stereocenters. The van der Waals surface area contributed by atoms with Crippen LogP contribution in [0.5, 0.6) is 11.5 Å². The fraction of sp³-hybridized carbons (Fsp3) is 0.462. The van der Waals surface area contributed by atoms with Crippen LogP contribution < -0.4 is 4.74 Å². The highest BCUT2D eigenvalue weighted by molar-refractivity contribution is 9.10. The van der Waals surface area contributed by atoms with E-state index in [2.05, 4.69) is 15.9 Å². The van der Waals surface area contributed by atoms with Crippen molar-refractivity contribution in [3.63, 3.8) is 0 Å². The molecule has 1 aliphatic rings. The van der Waals surface area contributed by atoms with Crippen molar-refractivity contribution in [2.75, 3.05) is 7.11 Å². The number of carboxylic acid groups (broad SMARTS) is 1. The van der Waals surface area contributed by atoms with Gasteiger partial charge in [-0.2, -0.15) is 0 Å². The molecule has 4 nitrogen and oxygen atoms in total. The van der Waals surface area contributed by atoms with E-state index in [4.69, 9.17) is 4.74 Å². The van der Waals surface area contributed by atoms with Gasteiger partial charge in [0.2, 0.25) is 0 Å². The third kappa shape index (κ3) is 1.68. The average Bonchev–Trinajstić information content (AvgIpc) is 2.26. The first-order chi connectivity index (χ1) is 8.44. The molecular weight excluding hydrogens is 300 g/mol. The van der Waals surface area contributed by atoms with Crippen LogP contribution in [0, 0.1) is 6.92 Å². The first kappa shape index (κ1) is 13.2. The van der Waals surface area contributed by atoms with Crippen LogP contribution in [-0.2, 0) is 10.2 Å². The largest absolute Gasteiger partial charge is 0.504 e. The number of phenols is 1. The highest BCUT2D eigenvalue weighted by atomic mass is 79.9. The van der Waals surface area contributed by atoms with Crippen LogP contribution in [0.15, 0.2) is 10.5 Å². The highest BCUT2D eigenvalue weighted by Gasteiger charge is 2.49. The smallest absolute Gasteiger partial charge is 0.314 e. The molecule has 1 aromatic carbocycles. The van der Waals surface area contributed by atoms with Crippen molar-refractivity contribution >= 4 is 21.9 Å². The van der Waals surface area contributed by atoms with Crippen molar-refractivity contribution in [3.05, 3.63) is 21.7 Å². The summed E-state index contributed by atoms with van der Waals surface area (Å²) in [7, 11) is 1.46. The quantitative estimate of drug-likeness (QED) is 0.900. The van der Waals surface area contributed by atoms with E-state index in [0.29, 0.717) is 28.6 Å². The molecule has 5 heteroatoms. The lowest BCUT2D eigenvalue weighted by atomic mass is 9.64. The molecular formula is C13H15BrO4. The van der Waals surface area contributed by atoms with E-state index in [-0.39, 0.29) is 5.75 Å². The zero-order chi connectivity index (χ0) is 13.5. The lowest BCUT2D eigenvalue weighted by Crippen LogP contribution is -2.42. The first-order valence-electron chi connectivity index (χ1n) is 5.74. The number of hydrogen-bond acceptors (Lipinski definition) is 3. The Balaban J connectivity index is 2.70. The van der Waals surface area contributed by atoms with Gasteiger partial charge in [-0.05, 0) is 31.4 Å². The maximum absolute atomic E-state index is 11.5. The Bertz CT molecular complexity index is 506. The van der Waals surface area contributed by atoms with Gasteiger partial charge in [-0.15, -0.1) is 0 Å². The van der Waals surface area contributed by atoms with Gasteiger partial charge >= 0.3 is 5.97 Å². The normalized spacial score (nSPS) is 17.1. The van der Waals surface area contributed by atoms with Crippen molar-refractivity contribution in [1.82, 2.24) is 0 Å². The molecule has 0 saturated heterocycles. The standard InChI is InChI=1S/C13H15BrO4/c1-7-6-8(18-2)11(15)9(10(7)14)13(12(16)17)4-3-5-13/h6,15H,3-5H2,1-2H3,(H,16,17). The van der Waals surface area contributed by atoms with Crippen LogP contribution in [0.2, 0.25) is 0 Å². The Morgan fingerprint density at radius 1 is 1.50 bits per heavy atom. The second kappa shape index (κ2) is 4.46. The van der Waals surface area contributed by atoms with E-state index < -0.39 is 11.4 Å². The molecule has 0 heterocycles. The van der Waals surface area contributed by atoms with Gasteiger partial charge in [0.05, 0.1) is 12.5 Å². The Kier molecular flexibility index (Phi) is 3.27. The zero-order valence-electron chi connectivity index (χ0n) is 10.3. The highest BCUT2D eigenvalue weighted by Crippen LogP contribution is 2.53. The summed E-state index contributed by atoms with van der Waals surface area (Å²) in [5, 5.41) is 19.7. The first-order valence-corrected chi connectivity index (χ1v) is 6.53.